The van der Waals surface area contributed by atoms with Crippen LogP contribution in [-0.2, 0) is 18.4 Å². The first kappa shape index (κ1) is 17.2. The third kappa shape index (κ3) is 3.26. The fraction of sp³-hybridized carbons (Fsp3) is 0.235. The normalized spacial score (nSPS) is 11.2. The van der Waals surface area contributed by atoms with Gasteiger partial charge >= 0.3 is 0 Å². The first-order chi connectivity index (χ1) is 13.0. The fourth-order valence-electron chi connectivity index (χ4n) is 2.69. The highest BCUT2D eigenvalue weighted by Crippen LogP contribution is 2.27. The minimum atomic E-state index is -0.250. The number of carbonyl (C=O) groups excluding carboxylic acids is 1. The molecule has 0 atom stereocenters. The number of fused-ring (bicyclic) bond motifs is 1. The Labute approximate surface area is 157 Å². The molecule has 1 amide bonds. The molecule has 0 aliphatic carbocycles. The molecular formula is C17H16N6O3S. The van der Waals surface area contributed by atoms with Crippen molar-refractivity contribution in [3.63, 3.8) is 0 Å². The highest BCUT2D eigenvalue weighted by Gasteiger charge is 2.17. The summed E-state index contributed by atoms with van der Waals surface area (Å²) < 4.78 is 8.50. The predicted octanol–water partition coefficient (Wildman–Crippen LogP) is 2.18. The molecule has 138 valence electrons. The van der Waals surface area contributed by atoms with Crippen LogP contribution in [0.25, 0.3) is 21.7 Å². The number of anilines is 1. The van der Waals surface area contributed by atoms with Crippen molar-refractivity contribution in [3.8, 4) is 11.5 Å². The smallest absolute Gasteiger partial charge is 0.262 e. The second kappa shape index (κ2) is 6.80. The molecule has 0 aliphatic rings. The molecule has 0 fully saturated rings. The van der Waals surface area contributed by atoms with Crippen LogP contribution in [0.15, 0.2) is 39.4 Å². The largest absolute Gasteiger partial charge is 0.441 e. The molecule has 0 unspecified atom stereocenters. The molecule has 0 aliphatic heterocycles. The summed E-state index contributed by atoms with van der Waals surface area (Å²) in [6.45, 7) is 2.02. The third-order valence-electron chi connectivity index (χ3n) is 4.08. The van der Waals surface area contributed by atoms with Crippen molar-refractivity contribution in [2.75, 3.05) is 5.32 Å². The van der Waals surface area contributed by atoms with E-state index in [0.29, 0.717) is 33.2 Å². The van der Waals surface area contributed by atoms with Crippen molar-refractivity contribution in [1.29, 1.82) is 0 Å². The Bertz CT molecular complexity index is 1180. The standard InChI is InChI=1S/C17H16N6O3S/c1-10-7-18-15(26-10)12-8-20-22(2)14(12)21-13(24)3-5-23-9-19-16-11(17(23)25)4-6-27-16/h4,6-9H,3,5H2,1-2H3,(H,21,24). The summed E-state index contributed by atoms with van der Waals surface area (Å²) in [5.74, 6) is 1.29. The van der Waals surface area contributed by atoms with Gasteiger partial charge in [0.25, 0.3) is 5.56 Å². The number of hydrogen-bond donors (Lipinski definition) is 1. The zero-order valence-electron chi connectivity index (χ0n) is 14.7. The van der Waals surface area contributed by atoms with E-state index < -0.39 is 0 Å². The number of nitrogens with one attached hydrogen (secondary N) is 1. The monoisotopic (exact) mass is 384 g/mol. The number of aromatic nitrogens is 5. The Morgan fingerprint density at radius 2 is 2.19 bits per heavy atom. The van der Waals surface area contributed by atoms with Gasteiger partial charge in [0.05, 0.1) is 29.7 Å². The second-order valence-electron chi connectivity index (χ2n) is 5.99. The number of aryl methyl sites for hydroxylation is 3. The minimum Gasteiger partial charge on any atom is -0.441 e. The molecule has 0 saturated heterocycles. The van der Waals surface area contributed by atoms with Gasteiger partial charge in [-0.15, -0.1) is 11.3 Å². The van der Waals surface area contributed by atoms with Gasteiger partial charge in [-0.3, -0.25) is 18.8 Å². The predicted molar refractivity (Wildman–Crippen MR) is 101 cm³/mol. The molecule has 9 nitrogen and oxygen atoms in total. The molecule has 4 rings (SSSR count). The van der Waals surface area contributed by atoms with E-state index in [1.54, 1.807) is 32.4 Å². The van der Waals surface area contributed by atoms with E-state index in [2.05, 4.69) is 20.4 Å². The molecule has 0 saturated carbocycles. The molecular weight excluding hydrogens is 368 g/mol. The fourth-order valence-corrected chi connectivity index (χ4v) is 3.41. The first-order valence-corrected chi connectivity index (χ1v) is 9.08. The van der Waals surface area contributed by atoms with Gasteiger partial charge in [-0.1, -0.05) is 0 Å². The topological polar surface area (TPSA) is 108 Å². The highest BCUT2D eigenvalue weighted by atomic mass is 32.1. The molecule has 4 aromatic heterocycles. The van der Waals surface area contributed by atoms with Gasteiger partial charge in [-0.05, 0) is 18.4 Å². The van der Waals surface area contributed by atoms with Gasteiger partial charge in [0.2, 0.25) is 11.8 Å². The lowest BCUT2D eigenvalue weighted by Crippen LogP contribution is -2.23. The van der Waals surface area contributed by atoms with E-state index in [1.807, 2.05) is 5.38 Å². The van der Waals surface area contributed by atoms with Crippen LogP contribution in [0.3, 0.4) is 0 Å². The van der Waals surface area contributed by atoms with Crippen LogP contribution in [0.5, 0.6) is 0 Å². The highest BCUT2D eigenvalue weighted by molar-refractivity contribution is 7.16. The van der Waals surface area contributed by atoms with Gasteiger partial charge in [0.15, 0.2) is 0 Å². The van der Waals surface area contributed by atoms with E-state index in [0.717, 1.165) is 0 Å². The molecule has 1 N–H and O–H groups in total. The molecule has 0 spiro atoms. The number of hydrogen-bond acceptors (Lipinski definition) is 7. The summed E-state index contributed by atoms with van der Waals surface area (Å²) in [5, 5.41) is 9.36. The van der Waals surface area contributed by atoms with Crippen molar-refractivity contribution in [2.24, 2.45) is 7.05 Å². The maximum absolute atomic E-state index is 12.4. The van der Waals surface area contributed by atoms with Crippen LogP contribution in [0.4, 0.5) is 5.82 Å². The van der Waals surface area contributed by atoms with Crippen LogP contribution in [0.1, 0.15) is 12.2 Å². The lowest BCUT2D eigenvalue weighted by Gasteiger charge is -2.08. The second-order valence-corrected chi connectivity index (χ2v) is 6.88. The maximum Gasteiger partial charge on any atom is 0.262 e. The van der Waals surface area contributed by atoms with Crippen molar-refractivity contribution >= 4 is 33.3 Å². The number of carbonyl (C=O) groups is 1. The van der Waals surface area contributed by atoms with Crippen molar-refractivity contribution in [3.05, 3.63) is 46.3 Å². The lowest BCUT2D eigenvalue weighted by molar-refractivity contribution is -0.116. The quantitative estimate of drug-likeness (QED) is 0.565. The van der Waals surface area contributed by atoms with Crippen LogP contribution in [-0.4, -0.2) is 30.2 Å². The first-order valence-electron chi connectivity index (χ1n) is 8.20. The summed E-state index contributed by atoms with van der Waals surface area (Å²) in [7, 11) is 1.72. The zero-order valence-corrected chi connectivity index (χ0v) is 15.5. The molecule has 0 aromatic carbocycles. The zero-order chi connectivity index (χ0) is 19.0. The van der Waals surface area contributed by atoms with E-state index in [1.165, 1.54) is 26.9 Å². The Balaban J connectivity index is 1.49. The van der Waals surface area contributed by atoms with Crippen LogP contribution in [0.2, 0.25) is 0 Å². The molecule has 0 bridgehead atoms. The van der Waals surface area contributed by atoms with E-state index in [-0.39, 0.29) is 24.4 Å². The lowest BCUT2D eigenvalue weighted by atomic mass is 10.3. The summed E-state index contributed by atoms with van der Waals surface area (Å²) in [5.41, 5.74) is 0.447. The minimum absolute atomic E-state index is 0.118. The van der Waals surface area contributed by atoms with Gasteiger partial charge < -0.3 is 9.73 Å². The van der Waals surface area contributed by atoms with Gasteiger partial charge in [0.1, 0.15) is 16.4 Å². The number of thiophene rings is 1. The van der Waals surface area contributed by atoms with E-state index in [9.17, 15) is 9.59 Å². The molecule has 4 aromatic rings. The SMILES string of the molecule is Cc1cnc(-c2cnn(C)c2NC(=O)CCn2cnc3sccc3c2=O)o1. The van der Waals surface area contributed by atoms with Gasteiger partial charge in [0, 0.05) is 20.0 Å². The van der Waals surface area contributed by atoms with Crippen LogP contribution >= 0.6 is 11.3 Å². The van der Waals surface area contributed by atoms with Crippen molar-refractivity contribution in [1.82, 2.24) is 24.3 Å². The average molecular weight is 384 g/mol. The summed E-state index contributed by atoms with van der Waals surface area (Å²) in [6.07, 6.45) is 4.78. The molecule has 4 heterocycles. The number of nitrogens with zero attached hydrogens (tertiary/aromatic N) is 5. The van der Waals surface area contributed by atoms with E-state index >= 15 is 0 Å². The van der Waals surface area contributed by atoms with Crippen molar-refractivity contribution < 1.29 is 9.21 Å². The molecule has 0 radical (unpaired) electrons. The summed E-state index contributed by atoms with van der Waals surface area (Å²) >= 11 is 1.41. The Kier molecular flexibility index (Phi) is 4.32. The van der Waals surface area contributed by atoms with Gasteiger partial charge in [-0.25, -0.2) is 9.97 Å². The number of rotatable bonds is 5. The van der Waals surface area contributed by atoms with Crippen LogP contribution in [0, 0.1) is 6.92 Å². The Morgan fingerprint density at radius 1 is 1.33 bits per heavy atom. The van der Waals surface area contributed by atoms with Crippen molar-refractivity contribution in [2.45, 2.75) is 19.9 Å². The molecule has 27 heavy (non-hydrogen) atoms. The summed E-state index contributed by atoms with van der Waals surface area (Å²) in [4.78, 5) is 33.9. The average Bonchev–Trinajstić information content (AvgIpc) is 3.36. The number of amides is 1. The Hall–Kier alpha value is -3.27. The Morgan fingerprint density at radius 3 is 2.96 bits per heavy atom. The summed E-state index contributed by atoms with van der Waals surface area (Å²) in [6, 6.07) is 1.74. The van der Waals surface area contributed by atoms with Gasteiger partial charge in [-0.2, -0.15) is 5.10 Å². The maximum atomic E-state index is 12.4. The number of oxazole rings is 1. The van der Waals surface area contributed by atoms with Crippen LogP contribution < -0.4 is 10.9 Å². The third-order valence-corrected chi connectivity index (χ3v) is 4.90. The molecule has 10 heteroatoms. The van der Waals surface area contributed by atoms with E-state index in [4.69, 9.17) is 4.42 Å².